The maximum atomic E-state index is 11.8. The van der Waals surface area contributed by atoms with E-state index in [1.54, 1.807) is 7.05 Å². The van der Waals surface area contributed by atoms with Gasteiger partial charge in [0.1, 0.15) is 6.61 Å². The Hall–Kier alpha value is -1.56. The van der Waals surface area contributed by atoms with E-state index >= 15 is 0 Å². The van der Waals surface area contributed by atoms with Gasteiger partial charge in [-0.1, -0.05) is 6.92 Å². The van der Waals surface area contributed by atoms with Crippen molar-refractivity contribution in [3.8, 4) is 0 Å². The number of hydrogen-bond acceptors (Lipinski definition) is 5. The summed E-state index contributed by atoms with van der Waals surface area (Å²) in [5.41, 5.74) is 7.34. The highest BCUT2D eigenvalue weighted by Crippen LogP contribution is 2.17. The SMILES string of the molecule is CCc1nn(C)c(C(=O)OCCN(C)C)c1N. The number of nitrogen functional groups attached to an aromatic ring is 1. The molecule has 0 bridgehead atoms. The zero-order valence-corrected chi connectivity index (χ0v) is 10.9. The molecule has 0 saturated carbocycles. The number of nitrogens with two attached hydrogens (primary N) is 1. The van der Waals surface area contributed by atoms with Crippen molar-refractivity contribution < 1.29 is 9.53 Å². The van der Waals surface area contributed by atoms with Crippen LogP contribution in [0.1, 0.15) is 23.1 Å². The molecule has 0 saturated heterocycles. The summed E-state index contributed by atoms with van der Waals surface area (Å²) in [6.07, 6.45) is 0.699. The predicted molar refractivity (Wildman–Crippen MR) is 65.8 cm³/mol. The quantitative estimate of drug-likeness (QED) is 0.748. The van der Waals surface area contributed by atoms with Crippen molar-refractivity contribution in [3.63, 3.8) is 0 Å². The molecule has 0 atom stereocenters. The van der Waals surface area contributed by atoms with E-state index in [2.05, 4.69) is 5.10 Å². The minimum absolute atomic E-state index is 0.334. The van der Waals surface area contributed by atoms with Crippen LogP contribution in [0.4, 0.5) is 5.69 Å². The standard InChI is InChI=1S/C11H20N4O2/c1-5-8-9(12)10(15(4)13-8)11(16)17-7-6-14(2)3/h5-7,12H2,1-4H3. The van der Waals surface area contributed by atoms with E-state index < -0.39 is 5.97 Å². The Bertz CT molecular complexity index is 398. The average molecular weight is 240 g/mol. The van der Waals surface area contributed by atoms with Crippen LogP contribution in [0.5, 0.6) is 0 Å². The lowest BCUT2D eigenvalue weighted by molar-refractivity contribution is 0.0470. The molecule has 17 heavy (non-hydrogen) atoms. The molecule has 0 unspecified atom stereocenters. The zero-order valence-electron chi connectivity index (χ0n) is 10.9. The fraction of sp³-hybridized carbons (Fsp3) is 0.636. The molecule has 6 nitrogen and oxygen atoms in total. The van der Waals surface area contributed by atoms with Gasteiger partial charge in [0.05, 0.1) is 11.4 Å². The Morgan fingerprint density at radius 3 is 2.65 bits per heavy atom. The molecule has 0 fully saturated rings. The number of esters is 1. The number of carbonyl (C=O) groups is 1. The number of anilines is 1. The number of likely N-dealkylation sites (N-methyl/N-ethyl adjacent to an activating group) is 1. The first kappa shape index (κ1) is 13.5. The van der Waals surface area contributed by atoms with E-state index in [-0.39, 0.29) is 0 Å². The molecule has 1 aromatic rings. The van der Waals surface area contributed by atoms with Crippen LogP contribution in [0.2, 0.25) is 0 Å². The maximum absolute atomic E-state index is 11.8. The Balaban J connectivity index is 2.72. The fourth-order valence-electron chi connectivity index (χ4n) is 1.49. The van der Waals surface area contributed by atoms with Gasteiger partial charge in [0.15, 0.2) is 5.69 Å². The van der Waals surface area contributed by atoms with Crippen LogP contribution in [0, 0.1) is 0 Å². The molecule has 96 valence electrons. The van der Waals surface area contributed by atoms with Gasteiger partial charge in [0.25, 0.3) is 0 Å². The second kappa shape index (κ2) is 5.67. The lowest BCUT2D eigenvalue weighted by Gasteiger charge is -2.10. The Kier molecular flexibility index (Phi) is 4.51. The number of carbonyl (C=O) groups excluding carboxylic acids is 1. The largest absolute Gasteiger partial charge is 0.460 e. The van der Waals surface area contributed by atoms with E-state index in [9.17, 15) is 4.79 Å². The van der Waals surface area contributed by atoms with Crippen LogP contribution in [-0.2, 0) is 18.2 Å². The molecule has 1 heterocycles. The van der Waals surface area contributed by atoms with Gasteiger partial charge in [0, 0.05) is 13.6 Å². The summed E-state index contributed by atoms with van der Waals surface area (Å²) in [7, 11) is 5.53. The number of aromatic nitrogens is 2. The summed E-state index contributed by atoms with van der Waals surface area (Å²) in [6.45, 7) is 2.97. The second-order valence-electron chi connectivity index (χ2n) is 4.13. The minimum Gasteiger partial charge on any atom is -0.460 e. The van der Waals surface area contributed by atoms with Crippen molar-refractivity contribution in [2.24, 2.45) is 7.05 Å². The summed E-state index contributed by atoms with van der Waals surface area (Å²) in [4.78, 5) is 13.8. The first-order valence-electron chi connectivity index (χ1n) is 5.60. The van der Waals surface area contributed by atoms with Crippen molar-refractivity contribution in [1.29, 1.82) is 0 Å². The van der Waals surface area contributed by atoms with Crippen LogP contribution in [-0.4, -0.2) is 47.9 Å². The van der Waals surface area contributed by atoms with Gasteiger partial charge in [-0.2, -0.15) is 5.10 Å². The number of ether oxygens (including phenoxy) is 1. The molecule has 0 aliphatic rings. The minimum atomic E-state index is -0.418. The summed E-state index contributed by atoms with van der Waals surface area (Å²) in [6, 6.07) is 0. The van der Waals surface area contributed by atoms with E-state index in [0.717, 1.165) is 5.69 Å². The first-order chi connectivity index (χ1) is 7.97. The van der Waals surface area contributed by atoms with Gasteiger partial charge >= 0.3 is 5.97 Å². The number of rotatable bonds is 5. The van der Waals surface area contributed by atoms with E-state index in [4.69, 9.17) is 10.5 Å². The highest BCUT2D eigenvalue weighted by atomic mass is 16.5. The van der Waals surface area contributed by atoms with E-state index in [0.29, 0.717) is 31.0 Å². The third-order valence-electron chi connectivity index (χ3n) is 2.46. The molecule has 0 aromatic carbocycles. The van der Waals surface area contributed by atoms with E-state index in [1.807, 2.05) is 25.9 Å². The molecule has 0 aliphatic carbocycles. The van der Waals surface area contributed by atoms with Crippen LogP contribution in [0.25, 0.3) is 0 Å². The third kappa shape index (κ3) is 3.20. The van der Waals surface area contributed by atoms with Crippen molar-refractivity contribution >= 4 is 11.7 Å². The van der Waals surface area contributed by atoms with Crippen molar-refractivity contribution in [2.75, 3.05) is 33.0 Å². The van der Waals surface area contributed by atoms with Crippen LogP contribution < -0.4 is 5.73 Å². The Morgan fingerprint density at radius 2 is 2.18 bits per heavy atom. The number of nitrogens with zero attached hydrogens (tertiary/aromatic N) is 3. The van der Waals surface area contributed by atoms with Crippen molar-refractivity contribution in [2.45, 2.75) is 13.3 Å². The van der Waals surface area contributed by atoms with Gasteiger partial charge in [-0.3, -0.25) is 4.68 Å². The molecule has 0 aliphatic heterocycles. The molecule has 1 aromatic heterocycles. The lowest BCUT2D eigenvalue weighted by Crippen LogP contribution is -2.21. The molecule has 2 N–H and O–H groups in total. The Morgan fingerprint density at radius 1 is 1.53 bits per heavy atom. The maximum Gasteiger partial charge on any atom is 0.358 e. The monoisotopic (exact) mass is 240 g/mol. The van der Waals surface area contributed by atoms with Gasteiger partial charge in [0.2, 0.25) is 0 Å². The summed E-state index contributed by atoms with van der Waals surface area (Å²) in [5, 5.41) is 4.17. The summed E-state index contributed by atoms with van der Waals surface area (Å²) in [5.74, 6) is -0.418. The Labute approximate surface area is 101 Å². The van der Waals surface area contributed by atoms with Crippen molar-refractivity contribution in [1.82, 2.24) is 14.7 Å². The molecular formula is C11H20N4O2. The molecule has 1 rings (SSSR count). The number of hydrogen-bond donors (Lipinski definition) is 1. The summed E-state index contributed by atoms with van der Waals surface area (Å²) < 4.78 is 6.62. The molecule has 0 amide bonds. The molecule has 0 radical (unpaired) electrons. The highest BCUT2D eigenvalue weighted by Gasteiger charge is 2.20. The van der Waals surface area contributed by atoms with Crippen LogP contribution in [0.3, 0.4) is 0 Å². The van der Waals surface area contributed by atoms with Gasteiger partial charge in [-0.05, 0) is 20.5 Å². The first-order valence-corrected chi connectivity index (χ1v) is 5.60. The zero-order chi connectivity index (χ0) is 13.0. The predicted octanol–water partition coefficient (Wildman–Crippen LogP) is 0.283. The van der Waals surface area contributed by atoms with Gasteiger partial charge in [-0.15, -0.1) is 0 Å². The topological polar surface area (TPSA) is 73.4 Å². The van der Waals surface area contributed by atoms with Crippen LogP contribution >= 0.6 is 0 Å². The van der Waals surface area contributed by atoms with Crippen molar-refractivity contribution in [3.05, 3.63) is 11.4 Å². The van der Waals surface area contributed by atoms with Gasteiger partial charge in [-0.25, -0.2) is 4.79 Å². The van der Waals surface area contributed by atoms with Crippen LogP contribution in [0.15, 0.2) is 0 Å². The lowest BCUT2D eigenvalue weighted by atomic mass is 10.2. The second-order valence-corrected chi connectivity index (χ2v) is 4.13. The fourth-order valence-corrected chi connectivity index (χ4v) is 1.49. The molecule has 6 heteroatoms. The highest BCUT2D eigenvalue weighted by molar-refractivity contribution is 5.93. The molecular weight excluding hydrogens is 220 g/mol. The third-order valence-corrected chi connectivity index (χ3v) is 2.46. The van der Waals surface area contributed by atoms with Gasteiger partial charge < -0.3 is 15.4 Å². The smallest absolute Gasteiger partial charge is 0.358 e. The average Bonchev–Trinajstić information content (AvgIpc) is 2.53. The summed E-state index contributed by atoms with van der Waals surface area (Å²) >= 11 is 0. The normalized spacial score (nSPS) is 10.9. The van der Waals surface area contributed by atoms with E-state index in [1.165, 1.54) is 4.68 Å². The number of aryl methyl sites for hydroxylation is 2. The molecule has 0 spiro atoms.